The maximum atomic E-state index is 13.0. The molecular formula is C19H19FN4OS. The molecule has 0 saturated heterocycles. The highest BCUT2D eigenvalue weighted by molar-refractivity contribution is 7.13. The molecule has 1 aliphatic carbocycles. The van der Waals surface area contributed by atoms with E-state index in [4.69, 9.17) is 0 Å². The van der Waals surface area contributed by atoms with E-state index in [0.717, 1.165) is 29.2 Å². The van der Waals surface area contributed by atoms with Crippen LogP contribution in [0, 0.1) is 5.82 Å². The van der Waals surface area contributed by atoms with E-state index in [1.807, 2.05) is 16.1 Å². The third kappa shape index (κ3) is 3.67. The van der Waals surface area contributed by atoms with Crippen LogP contribution in [0.5, 0.6) is 0 Å². The molecule has 26 heavy (non-hydrogen) atoms. The standard InChI is InChI=1S/C19H19FN4OS/c20-14-7-5-13(6-8-14)19-22-15(12-26-19)11-18(25)23-17-9-10-21-24(17)16-3-1-2-4-16/h5-10,12,16H,1-4,11H2,(H,23,25). The predicted octanol–water partition coefficient (Wildman–Crippen LogP) is 4.44. The molecule has 2 aromatic heterocycles. The molecule has 1 fully saturated rings. The van der Waals surface area contributed by atoms with E-state index < -0.39 is 0 Å². The summed E-state index contributed by atoms with van der Waals surface area (Å²) < 4.78 is 15.0. The zero-order chi connectivity index (χ0) is 17.9. The Morgan fingerprint density at radius 3 is 2.77 bits per heavy atom. The maximum Gasteiger partial charge on any atom is 0.231 e. The number of anilines is 1. The van der Waals surface area contributed by atoms with Crippen molar-refractivity contribution in [1.29, 1.82) is 0 Å². The van der Waals surface area contributed by atoms with Crippen LogP contribution >= 0.6 is 11.3 Å². The molecule has 3 aromatic rings. The van der Waals surface area contributed by atoms with Crippen molar-refractivity contribution in [2.75, 3.05) is 5.32 Å². The predicted molar refractivity (Wildman–Crippen MR) is 99.6 cm³/mol. The fourth-order valence-electron chi connectivity index (χ4n) is 3.32. The molecule has 4 rings (SSSR count). The minimum atomic E-state index is -0.274. The van der Waals surface area contributed by atoms with E-state index >= 15 is 0 Å². The fraction of sp³-hybridized carbons (Fsp3) is 0.316. The summed E-state index contributed by atoms with van der Waals surface area (Å²) in [7, 11) is 0. The van der Waals surface area contributed by atoms with Gasteiger partial charge in [-0.2, -0.15) is 5.10 Å². The largest absolute Gasteiger partial charge is 0.311 e. The highest BCUT2D eigenvalue weighted by Crippen LogP contribution is 2.31. The Kier molecular flexibility index (Phi) is 4.79. The SMILES string of the molecule is O=C(Cc1csc(-c2ccc(F)cc2)n1)Nc1ccnn1C1CCCC1. The minimum Gasteiger partial charge on any atom is -0.311 e. The number of halogens is 1. The number of hydrogen-bond acceptors (Lipinski definition) is 4. The highest BCUT2D eigenvalue weighted by atomic mass is 32.1. The van der Waals surface area contributed by atoms with Gasteiger partial charge in [0.2, 0.25) is 5.91 Å². The van der Waals surface area contributed by atoms with Crippen molar-refractivity contribution < 1.29 is 9.18 Å². The lowest BCUT2D eigenvalue weighted by molar-refractivity contribution is -0.115. The van der Waals surface area contributed by atoms with E-state index in [1.54, 1.807) is 18.3 Å². The van der Waals surface area contributed by atoms with E-state index in [1.165, 1.54) is 36.3 Å². The summed E-state index contributed by atoms with van der Waals surface area (Å²) in [6.45, 7) is 0. The molecule has 0 spiro atoms. The highest BCUT2D eigenvalue weighted by Gasteiger charge is 2.20. The molecule has 1 aromatic carbocycles. The topological polar surface area (TPSA) is 59.8 Å². The van der Waals surface area contributed by atoms with Crippen molar-refractivity contribution in [1.82, 2.24) is 14.8 Å². The van der Waals surface area contributed by atoms with Gasteiger partial charge in [-0.3, -0.25) is 4.79 Å². The average molecular weight is 370 g/mol. The summed E-state index contributed by atoms with van der Waals surface area (Å²) in [6, 6.07) is 8.42. The van der Waals surface area contributed by atoms with Crippen molar-refractivity contribution in [3.8, 4) is 10.6 Å². The first-order valence-corrected chi connectivity index (χ1v) is 9.61. The lowest BCUT2D eigenvalue weighted by Crippen LogP contribution is -2.19. The molecule has 1 aliphatic rings. The number of carbonyl (C=O) groups excluding carboxylic acids is 1. The summed E-state index contributed by atoms with van der Waals surface area (Å²) in [4.78, 5) is 16.9. The number of carbonyl (C=O) groups is 1. The molecule has 1 N–H and O–H groups in total. The number of benzene rings is 1. The summed E-state index contributed by atoms with van der Waals surface area (Å²) in [6.07, 6.45) is 6.57. The Labute approximate surface area is 154 Å². The van der Waals surface area contributed by atoms with Gasteiger partial charge in [-0.05, 0) is 37.1 Å². The monoisotopic (exact) mass is 370 g/mol. The van der Waals surface area contributed by atoms with Gasteiger partial charge in [0.25, 0.3) is 0 Å². The van der Waals surface area contributed by atoms with Crippen molar-refractivity contribution >= 4 is 23.1 Å². The van der Waals surface area contributed by atoms with Gasteiger partial charge >= 0.3 is 0 Å². The van der Waals surface area contributed by atoms with Gasteiger partial charge in [0.05, 0.1) is 24.4 Å². The summed E-state index contributed by atoms with van der Waals surface area (Å²) in [5, 5.41) is 9.96. The smallest absolute Gasteiger partial charge is 0.231 e. The van der Waals surface area contributed by atoms with Crippen LogP contribution in [0.15, 0.2) is 41.9 Å². The van der Waals surface area contributed by atoms with Crippen LogP contribution in [0.2, 0.25) is 0 Å². The maximum absolute atomic E-state index is 13.0. The number of amides is 1. The van der Waals surface area contributed by atoms with Gasteiger partial charge in [0.1, 0.15) is 16.6 Å². The number of nitrogens with zero attached hydrogens (tertiary/aromatic N) is 3. The summed E-state index contributed by atoms with van der Waals surface area (Å²) >= 11 is 1.45. The second kappa shape index (κ2) is 7.37. The van der Waals surface area contributed by atoms with E-state index in [2.05, 4.69) is 15.4 Å². The number of thiazole rings is 1. The molecule has 0 bridgehead atoms. The molecule has 134 valence electrons. The van der Waals surface area contributed by atoms with Crippen LogP contribution in [0.3, 0.4) is 0 Å². The van der Waals surface area contributed by atoms with Crippen molar-refractivity contribution in [2.45, 2.75) is 38.1 Å². The van der Waals surface area contributed by atoms with E-state index in [0.29, 0.717) is 11.7 Å². The molecule has 7 heteroatoms. The molecule has 0 atom stereocenters. The number of hydrogen-bond donors (Lipinski definition) is 1. The molecule has 0 aliphatic heterocycles. The Morgan fingerprint density at radius 2 is 2.00 bits per heavy atom. The van der Waals surface area contributed by atoms with Crippen LogP contribution in [0.25, 0.3) is 10.6 Å². The molecule has 2 heterocycles. The minimum absolute atomic E-state index is 0.110. The Balaban J connectivity index is 1.41. The number of nitrogens with one attached hydrogen (secondary N) is 1. The number of aromatic nitrogens is 3. The number of rotatable bonds is 5. The van der Waals surface area contributed by atoms with Crippen LogP contribution in [-0.4, -0.2) is 20.7 Å². The lowest BCUT2D eigenvalue weighted by Gasteiger charge is -2.14. The van der Waals surface area contributed by atoms with Gasteiger partial charge in [0.15, 0.2) is 0 Å². The van der Waals surface area contributed by atoms with E-state index in [-0.39, 0.29) is 18.1 Å². The normalized spacial score (nSPS) is 14.7. The van der Waals surface area contributed by atoms with Crippen LogP contribution in [0.4, 0.5) is 10.2 Å². The molecule has 5 nitrogen and oxygen atoms in total. The first-order chi connectivity index (χ1) is 12.7. The molecule has 0 radical (unpaired) electrons. The Hall–Kier alpha value is -2.54. The average Bonchev–Trinajstić information content (AvgIpc) is 3.36. The Bertz CT molecular complexity index is 896. The second-order valence-corrected chi connectivity index (χ2v) is 7.33. The first-order valence-electron chi connectivity index (χ1n) is 8.73. The molecular weight excluding hydrogens is 351 g/mol. The quantitative estimate of drug-likeness (QED) is 0.722. The molecule has 1 amide bonds. The lowest BCUT2D eigenvalue weighted by atomic mass is 10.2. The summed E-state index contributed by atoms with van der Waals surface area (Å²) in [5.41, 5.74) is 1.56. The van der Waals surface area contributed by atoms with Gasteiger partial charge in [-0.1, -0.05) is 12.8 Å². The molecule has 1 saturated carbocycles. The molecule has 0 unspecified atom stereocenters. The van der Waals surface area contributed by atoms with Crippen LogP contribution in [-0.2, 0) is 11.2 Å². The van der Waals surface area contributed by atoms with E-state index in [9.17, 15) is 9.18 Å². The van der Waals surface area contributed by atoms with Gasteiger partial charge in [-0.15, -0.1) is 11.3 Å². The van der Waals surface area contributed by atoms with Gasteiger partial charge in [-0.25, -0.2) is 14.1 Å². The van der Waals surface area contributed by atoms with Crippen LogP contribution in [0.1, 0.15) is 37.4 Å². The second-order valence-electron chi connectivity index (χ2n) is 6.48. The Morgan fingerprint density at radius 1 is 1.23 bits per heavy atom. The van der Waals surface area contributed by atoms with Crippen LogP contribution < -0.4 is 5.32 Å². The third-order valence-electron chi connectivity index (χ3n) is 4.59. The fourth-order valence-corrected chi connectivity index (χ4v) is 4.14. The van der Waals surface area contributed by atoms with Crippen molar-refractivity contribution in [3.63, 3.8) is 0 Å². The third-order valence-corrected chi connectivity index (χ3v) is 5.53. The summed E-state index contributed by atoms with van der Waals surface area (Å²) in [5.74, 6) is 0.361. The zero-order valence-electron chi connectivity index (χ0n) is 14.2. The zero-order valence-corrected chi connectivity index (χ0v) is 15.0. The first kappa shape index (κ1) is 16.9. The van der Waals surface area contributed by atoms with Gasteiger partial charge < -0.3 is 5.32 Å². The van der Waals surface area contributed by atoms with Crippen molar-refractivity contribution in [3.05, 3.63) is 53.4 Å². The van der Waals surface area contributed by atoms with Gasteiger partial charge in [0, 0.05) is 17.0 Å². The van der Waals surface area contributed by atoms with Crippen molar-refractivity contribution in [2.24, 2.45) is 0 Å².